The summed E-state index contributed by atoms with van der Waals surface area (Å²) in [5.41, 5.74) is 5.74. The highest BCUT2D eigenvalue weighted by Gasteiger charge is 2.34. The first-order valence-corrected chi connectivity index (χ1v) is 11.6. The van der Waals surface area contributed by atoms with E-state index in [1.54, 1.807) is 11.8 Å². The maximum atomic E-state index is 12.8. The van der Waals surface area contributed by atoms with Crippen molar-refractivity contribution in [1.82, 2.24) is 0 Å². The third kappa shape index (κ3) is 4.67. The molecule has 1 aliphatic rings. The second kappa shape index (κ2) is 9.40. The van der Waals surface area contributed by atoms with Crippen LogP contribution in [0.2, 0.25) is 0 Å². The van der Waals surface area contributed by atoms with E-state index in [1.807, 2.05) is 78.6 Å². The van der Waals surface area contributed by atoms with E-state index < -0.39 is 0 Å². The second-order valence-electron chi connectivity index (χ2n) is 7.75. The predicted octanol–water partition coefficient (Wildman–Crippen LogP) is 5.98. The zero-order valence-corrected chi connectivity index (χ0v) is 18.6. The minimum absolute atomic E-state index is 0.0626. The summed E-state index contributed by atoms with van der Waals surface area (Å²) in [6.45, 7) is 4.15. The normalized spacial score (nSPS) is 15.9. The van der Waals surface area contributed by atoms with Crippen LogP contribution in [-0.2, 0) is 11.2 Å². The number of carbonyl (C=O) groups is 2. The molecule has 2 amide bonds. The first-order chi connectivity index (χ1) is 15.1. The van der Waals surface area contributed by atoms with E-state index in [9.17, 15) is 9.59 Å². The van der Waals surface area contributed by atoms with Gasteiger partial charge in [0.2, 0.25) is 5.91 Å². The fourth-order valence-electron chi connectivity index (χ4n) is 3.80. The monoisotopic (exact) mass is 430 g/mol. The van der Waals surface area contributed by atoms with Crippen LogP contribution in [0.4, 0.5) is 11.4 Å². The van der Waals surface area contributed by atoms with Crippen LogP contribution in [0.3, 0.4) is 0 Å². The van der Waals surface area contributed by atoms with Crippen LogP contribution in [-0.4, -0.2) is 17.6 Å². The summed E-state index contributed by atoms with van der Waals surface area (Å²) >= 11 is 1.64. The molecule has 0 aliphatic carbocycles. The van der Waals surface area contributed by atoms with Crippen LogP contribution in [0.25, 0.3) is 0 Å². The molecule has 1 atom stereocenters. The lowest BCUT2D eigenvalue weighted by molar-refractivity contribution is -0.115. The summed E-state index contributed by atoms with van der Waals surface area (Å²) in [6.07, 6.45) is 1.98. The van der Waals surface area contributed by atoms with Gasteiger partial charge in [0.05, 0.1) is 5.75 Å². The zero-order chi connectivity index (χ0) is 21.8. The predicted molar refractivity (Wildman–Crippen MR) is 129 cm³/mol. The molecule has 1 unspecified atom stereocenters. The molecular formula is C26H26N2O2S. The SMILES string of the molecule is CCCc1ccccc1N1C(=O)CSC1c1ccc(NC(=O)c2ccc(C)cc2)cc1. The Hall–Kier alpha value is -3.05. The molecule has 1 heterocycles. The number of nitrogens with one attached hydrogen (secondary N) is 1. The molecule has 3 aromatic carbocycles. The third-order valence-electron chi connectivity index (χ3n) is 5.41. The minimum Gasteiger partial charge on any atom is -0.322 e. The third-order valence-corrected chi connectivity index (χ3v) is 6.62. The molecule has 1 fully saturated rings. The molecule has 0 bridgehead atoms. The van der Waals surface area contributed by atoms with Crippen molar-refractivity contribution < 1.29 is 9.59 Å². The fourth-order valence-corrected chi connectivity index (χ4v) is 4.97. The quantitative estimate of drug-likeness (QED) is 0.523. The highest BCUT2D eigenvalue weighted by atomic mass is 32.2. The van der Waals surface area contributed by atoms with Crippen molar-refractivity contribution in [3.05, 3.63) is 95.1 Å². The number of carbonyl (C=O) groups excluding carboxylic acids is 2. The van der Waals surface area contributed by atoms with Gasteiger partial charge in [-0.1, -0.05) is 61.4 Å². The Kier molecular flexibility index (Phi) is 6.42. The van der Waals surface area contributed by atoms with E-state index in [1.165, 1.54) is 5.56 Å². The van der Waals surface area contributed by atoms with E-state index in [0.717, 1.165) is 35.3 Å². The van der Waals surface area contributed by atoms with Crippen molar-refractivity contribution in [3.63, 3.8) is 0 Å². The number of benzene rings is 3. The van der Waals surface area contributed by atoms with Crippen LogP contribution in [0.5, 0.6) is 0 Å². The molecule has 3 aromatic rings. The molecule has 0 aromatic heterocycles. The maximum absolute atomic E-state index is 12.8. The van der Waals surface area contributed by atoms with Gasteiger partial charge in [-0.2, -0.15) is 0 Å². The van der Waals surface area contributed by atoms with Gasteiger partial charge in [0, 0.05) is 16.9 Å². The lowest BCUT2D eigenvalue weighted by atomic mass is 10.1. The van der Waals surface area contributed by atoms with E-state index >= 15 is 0 Å². The topological polar surface area (TPSA) is 49.4 Å². The van der Waals surface area contributed by atoms with Crippen LogP contribution in [0.15, 0.2) is 72.8 Å². The van der Waals surface area contributed by atoms with Crippen molar-refractivity contribution in [3.8, 4) is 0 Å². The summed E-state index contributed by atoms with van der Waals surface area (Å²) in [7, 11) is 0. The Morgan fingerprint density at radius 1 is 1.03 bits per heavy atom. The van der Waals surface area contributed by atoms with E-state index in [2.05, 4.69) is 18.3 Å². The standard InChI is InChI=1S/C26H26N2O2S/c1-3-6-19-7-4-5-8-23(19)28-24(29)17-31-26(28)21-13-15-22(16-14-21)27-25(30)20-11-9-18(2)10-12-20/h4-5,7-16,26H,3,6,17H2,1-2H3,(H,27,30). The average molecular weight is 431 g/mol. The number of nitrogens with zero attached hydrogens (tertiary/aromatic N) is 1. The van der Waals surface area contributed by atoms with Gasteiger partial charge in [0.1, 0.15) is 5.37 Å². The minimum atomic E-state index is -0.131. The van der Waals surface area contributed by atoms with Crippen molar-refractivity contribution in [2.24, 2.45) is 0 Å². The van der Waals surface area contributed by atoms with Crippen LogP contribution < -0.4 is 10.2 Å². The number of rotatable bonds is 6. The lowest BCUT2D eigenvalue weighted by Crippen LogP contribution is -2.28. The maximum Gasteiger partial charge on any atom is 0.255 e. The number of para-hydroxylation sites is 1. The van der Waals surface area contributed by atoms with Gasteiger partial charge in [-0.05, 0) is 54.8 Å². The molecule has 1 aliphatic heterocycles. The second-order valence-corrected chi connectivity index (χ2v) is 8.82. The number of amides is 2. The Morgan fingerprint density at radius 2 is 1.74 bits per heavy atom. The molecule has 0 radical (unpaired) electrons. The van der Waals surface area contributed by atoms with Gasteiger partial charge >= 0.3 is 0 Å². The van der Waals surface area contributed by atoms with E-state index in [0.29, 0.717) is 11.3 Å². The summed E-state index contributed by atoms with van der Waals surface area (Å²) in [4.78, 5) is 27.2. The van der Waals surface area contributed by atoms with Gasteiger partial charge in [-0.15, -0.1) is 11.8 Å². The molecular weight excluding hydrogens is 404 g/mol. The Balaban J connectivity index is 1.53. The summed E-state index contributed by atoms with van der Waals surface area (Å²) in [5.74, 6) is 0.473. The molecule has 1 N–H and O–H groups in total. The molecule has 4 nitrogen and oxygen atoms in total. The number of aryl methyl sites for hydroxylation is 2. The van der Waals surface area contributed by atoms with Gasteiger partial charge in [0.15, 0.2) is 0 Å². The van der Waals surface area contributed by atoms with Crippen molar-refractivity contribution in [2.45, 2.75) is 32.1 Å². The van der Waals surface area contributed by atoms with Crippen LogP contribution in [0.1, 0.15) is 45.8 Å². The molecule has 4 rings (SSSR count). The fraction of sp³-hybridized carbons (Fsp3) is 0.231. The van der Waals surface area contributed by atoms with Crippen molar-refractivity contribution in [1.29, 1.82) is 0 Å². The van der Waals surface area contributed by atoms with Gasteiger partial charge in [-0.3, -0.25) is 14.5 Å². The Morgan fingerprint density at radius 3 is 2.45 bits per heavy atom. The Labute approximate surface area is 187 Å². The van der Waals surface area contributed by atoms with E-state index in [-0.39, 0.29) is 17.2 Å². The van der Waals surface area contributed by atoms with Crippen molar-refractivity contribution in [2.75, 3.05) is 16.0 Å². The Bertz CT molecular complexity index is 1080. The van der Waals surface area contributed by atoms with Gasteiger partial charge < -0.3 is 5.32 Å². The highest BCUT2D eigenvalue weighted by molar-refractivity contribution is 8.00. The number of thioether (sulfide) groups is 1. The van der Waals surface area contributed by atoms with E-state index in [4.69, 9.17) is 0 Å². The number of hydrogen-bond donors (Lipinski definition) is 1. The summed E-state index contributed by atoms with van der Waals surface area (Å²) in [5, 5.41) is 2.88. The largest absolute Gasteiger partial charge is 0.322 e. The zero-order valence-electron chi connectivity index (χ0n) is 17.8. The summed E-state index contributed by atoms with van der Waals surface area (Å²) < 4.78 is 0. The molecule has 5 heteroatoms. The molecule has 158 valence electrons. The lowest BCUT2D eigenvalue weighted by Gasteiger charge is -2.26. The smallest absolute Gasteiger partial charge is 0.255 e. The first kappa shape index (κ1) is 21.2. The van der Waals surface area contributed by atoms with Crippen molar-refractivity contribution >= 4 is 35.0 Å². The first-order valence-electron chi connectivity index (χ1n) is 10.6. The number of hydrogen-bond acceptors (Lipinski definition) is 3. The molecule has 1 saturated heterocycles. The summed E-state index contributed by atoms with van der Waals surface area (Å²) in [6, 6.07) is 23.5. The van der Waals surface area contributed by atoms with Crippen LogP contribution in [0, 0.1) is 6.92 Å². The van der Waals surface area contributed by atoms with Gasteiger partial charge in [-0.25, -0.2) is 0 Å². The molecule has 0 saturated carbocycles. The van der Waals surface area contributed by atoms with Crippen LogP contribution >= 0.6 is 11.8 Å². The number of anilines is 2. The highest BCUT2D eigenvalue weighted by Crippen LogP contribution is 2.43. The average Bonchev–Trinajstić information content (AvgIpc) is 3.16. The van der Waals surface area contributed by atoms with Gasteiger partial charge in [0.25, 0.3) is 5.91 Å². The molecule has 0 spiro atoms. The molecule has 31 heavy (non-hydrogen) atoms.